The molecule has 0 amide bonds. The van der Waals surface area contributed by atoms with Crippen molar-refractivity contribution < 1.29 is 9.90 Å². The van der Waals surface area contributed by atoms with E-state index in [1.165, 1.54) is 0 Å². The summed E-state index contributed by atoms with van der Waals surface area (Å²) >= 11 is 16.7. The first kappa shape index (κ1) is 14.3. The Labute approximate surface area is 99.5 Å². The predicted octanol–water partition coefficient (Wildman–Crippen LogP) is 4.17. The lowest BCUT2D eigenvalue weighted by Gasteiger charge is -2.09. The molecule has 0 bridgehead atoms. The molecule has 0 aromatic rings. The van der Waals surface area contributed by atoms with Gasteiger partial charge in [0.15, 0.2) is 3.79 Å². The van der Waals surface area contributed by atoms with Gasteiger partial charge >= 0.3 is 5.97 Å². The van der Waals surface area contributed by atoms with Gasteiger partial charge in [-0.1, -0.05) is 54.1 Å². The largest absolute Gasteiger partial charge is 0.481 e. The number of rotatable bonds is 7. The SMILES string of the molecule is O=C(O)CCCCCCCC(Cl)(Cl)Cl. The van der Waals surface area contributed by atoms with Gasteiger partial charge in [0.05, 0.1) is 0 Å². The second kappa shape index (κ2) is 7.61. The molecule has 0 aliphatic heterocycles. The van der Waals surface area contributed by atoms with Crippen LogP contribution in [0.15, 0.2) is 0 Å². The molecular formula is C9H15Cl3O2. The predicted molar refractivity (Wildman–Crippen MR) is 60.2 cm³/mol. The van der Waals surface area contributed by atoms with Gasteiger partial charge in [0.25, 0.3) is 0 Å². The van der Waals surface area contributed by atoms with Crippen LogP contribution in [0.3, 0.4) is 0 Å². The number of carboxylic acids is 1. The van der Waals surface area contributed by atoms with E-state index in [9.17, 15) is 4.79 Å². The van der Waals surface area contributed by atoms with E-state index in [4.69, 9.17) is 39.9 Å². The summed E-state index contributed by atoms with van der Waals surface area (Å²) in [5.74, 6) is -0.730. The van der Waals surface area contributed by atoms with Crippen molar-refractivity contribution in [3.05, 3.63) is 0 Å². The maximum atomic E-state index is 10.2. The molecule has 0 rings (SSSR count). The quantitative estimate of drug-likeness (QED) is 0.551. The molecular weight excluding hydrogens is 246 g/mol. The standard InChI is InChI=1S/C9H15Cl3O2/c10-9(11,12)7-5-3-1-2-4-6-8(13)14/h1-7H2,(H,13,14). The molecule has 0 saturated carbocycles. The number of halogens is 3. The molecule has 0 aromatic carbocycles. The summed E-state index contributed by atoms with van der Waals surface area (Å²) < 4.78 is -1.14. The van der Waals surface area contributed by atoms with Crippen molar-refractivity contribution in [3.63, 3.8) is 0 Å². The molecule has 5 heteroatoms. The average molecular weight is 262 g/mol. The van der Waals surface area contributed by atoms with Gasteiger partial charge in [-0.2, -0.15) is 0 Å². The minimum absolute atomic E-state index is 0.254. The zero-order chi connectivity index (χ0) is 11.0. The minimum atomic E-state index is -1.14. The Hall–Kier alpha value is 0.340. The van der Waals surface area contributed by atoms with Crippen LogP contribution in [0.2, 0.25) is 0 Å². The second-order valence-corrected chi connectivity index (χ2v) is 5.79. The van der Waals surface area contributed by atoms with Crippen molar-refractivity contribution in [3.8, 4) is 0 Å². The lowest BCUT2D eigenvalue weighted by Crippen LogP contribution is -2.00. The average Bonchev–Trinajstić information content (AvgIpc) is 2.00. The highest BCUT2D eigenvalue weighted by molar-refractivity contribution is 6.67. The molecule has 0 fully saturated rings. The third-order valence-electron chi connectivity index (χ3n) is 1.85. The Morgan fingerprint density at radius 1 is 1.00 bits per heavy atom. The Balaban J connectivity index is 3.11. The number of hydrogen-bond donors (Lipinski definition) is 1. The topological polar surface area (TPSA) is 37.3 Å². The van der Waals surface area contributed by atoms with Crippen LogP contribution >= 0.6 is 34.8 Å². The van der Waals surface area contributed by atoms with Gasteiger partial charge in [-0.25, -0.2) is 0 Å². The molecule has 2 nitrogen and oxygen atoms in total. The third-order valence-corrected chi connectivity index (χ3v) is 2.42. The number of aliphatic carboxylic acids is 1. The van der Waals surface area contributed by atoms with Crippen LogP contribution in [0.4, 0.5) is 0 Å². The summed E-state index contributed by atoms with van der Waals surface area (Å²) in [6.45, 7) is 0. The summed E-state index contributed by atoms with van der Waals surface area (Å²) in [4.78, 5) is 10.2. The molecule has 84 valence electrons. The summed E-state index contributed by atoms with van der Waals surface area (Å²) in [5.41, 5.74) is 0. The highest BCUT2D eigenvalue weighted by Crippen LogP contribution is 2.32. The van der Waals surface area contributed by atoms with Crippen LogP contribution < -0.4 is 0 Å². The fourth-order valence-electron chi connectivity index (χ4n) is 1.13. The van der Waals surface area contributed by atoms with Crippen molar-refractivity contribution in [2.75, 3.05) is 0 Å². The minimum Gasteiger partial charge on any atom is -0.481 e. The monoisotopic (exact) mass is 260 g/mol. The molecule has 0 aliphatic rings. The zero-order valence-electron chi connectivity index (χ0n) is 7.94. The highest BCUT2D eigenvalue weighted by atomic mass is 35.6. The smallest absolute Gasteiger partial charge is 0.303 e. The van der Waals surface area contributed by atoms with E-state index in [2.05, 4.69) is 0 Å². The van der Waals surface area contributed by atoms with Gasteiger partial charge in [0, 0.05) is 6.42 Å². The number of carbonyl (C=O) groups is 1. The number of carboxylic acid groups (broad SMARTS) is 1. The molecule has 0 aromatic heterocycles. The summed E-state index contributed by atoms with van der Waals surface area (Å²) in [7, 11) is 0. The Morgan fingerprint density at radius 2 is 1.50 bits per heavy atom. The van der Waals surface area contributed by atoms with E-state index in [1.54, 1.807) is 0 Å². The van der Waals surface area contributed by atoms with E-state index < -0.39 is 9.76 Å². The van der Waals surface area contributed by atoms with E-state index in [-0.39, 0.29) is 6.42 Å². The molecule has 14 heavy (non-hydrogen) atoms. The van der Waals surface area contributed by atoms with Crippen LogP contribution in [-0.4, -0.2) is 14.9 Å². The van der Waals surface area contributed by atoms with Gasteiger partial charge < -0.3 is 5.11 Å². The Bertz CT molecular complexity index is 166. The van der Waals surface area contributed by atoms with Gasteiger partial charge in [-0.15, -0.1) is 0 Å². The Kier molecular flexibility index (Phi) is 7.79. The van der Waals surface area contributed by atoms with Crippen LogP contribution in [-0.2, 0) is 4.79 Å². The highest BCUT2D eigenvalue weighted by Gasteiger charge is 2.17. The van der Waals surface area contributed by atoms with Crippen LogP contribution in [0.1, 0.15) is 44.9 Å². The lowest BCUT2D eigenvalue weighted by molar-refractivity contribution is -0.137. The molecule has 0 heterocycles. The van der Waals surface area contributed by atoms with Crippen LogP contribution in [0, 0.1) is 0 Å². The normalized spacial score (nSPS) is 11.6. The van der Waals surface area contributed by atoms with E-state index in [0.717, 1.165) is 32.1 Å². The van der Waals surface area contributed by atoms with Crippen LogP contribution in [0.25, 0.3) is 0 Å². The number of alkyl halides is 3. The summed E-state index contributed by atoms with van der Waals surface area (Å²) in [6, 6.07) is 0. The van der Waals surface area contributed by atoms with E-state index >= 15 is 0 Å². The third kappa shape index (κ3) is 12.3. The molecule has 0 spiro atoms. The van der Waals surface area contributed by atoms with Crippen LogP contribution in [0.5, 0.6) is 0 Å². The van der Waals surface area contributed by atoms with Crippen molar-refractivity contribution >= 4 is 40.8 Å². The van der Waals surface area contributed by atoms with E-state index in [0.29, 0.717) is 6.42 Å². The first-order valence-corrected chi connectivity index (χ1v) is 5.84. The first-order chi connectivity index (χ1) is 6.42. The van der Waals surface area contributed by atoms with Gasteiger partial charge in [0.1, 0.15) is 0 Å². The molecule has 1 N–H and O–H groups in total. The molecule has 0 aliphatic carbocycles. The van der Waals surface area contributed by atoms with Crippen molar-refractivity contribution in [2.45, 2.75) is 48.7 Å². The maximum absolute atomic E-state index is 10.2. The first-order valence-electron chi connectivity index (χ1n) is 4.70. The summed E-state index contributed by atoms with van der Waals surface area (Å²) in [6.07, 6.45) is 5.38. The number of hydrogen-bond acceptors (Lipinski definition) is 1. The van der Waals surface area contributed by atoms with Gasteiger partial charge in [0.2, 0.25) is 0 Å². The zero-order valence-corrected chi connectivity index (χ0v) is 10.2. The molecule has 0 atom stereocenters. The number of unbranched alkanes of at least 4 members (excludes halogenated alkanes) is 4. The van der Waals surface area contributed by atoms with Crippen molar-refractivity contribution in [1.82, 2.24) is 0 Å². The van der Waals surface area contributed by atoms with E-state index in [1.807, 2.05) is 0 Å². The molecule has 0 unspecified atom stereocenters. The van der Waals surface area contributed by atoms with Crippen molar-refractivity contribution in [1.29, 1.82) is 0 Å². The molecule has 0 saturated heterocycles. The van der Waals surface area contributed by atoms with Crippen molar-refractivity contribution in [2.24, 2.45) is 0 Å². The second-order valence-electron chi connectivity index (χ2n) is 3.28. The molecule has 0 radical (unpaired) electrons. The lowest BCUT2D eigenvalue weighted by atomic mass is 10.1. The maximum Gasteiger partial charge on any atom is 0.303 e. The fraction of sp³-hybridized carbons (Fsp3) is 0.889. The van der Waals surface area contributed by atoms with Gasteiger partial charge in [-0.05, 0) is 19.3 Å². The summed E-state index contributed by atoms with van der Waals surface area (Å²) in [5, 5.41) is 8.37. The Morgan fingerprint density at radius 3 is 2.00 bits per heavy atom. The fourth-order valence-corrected chi connectivity index (χ4v) is 1.53. The van der Waals surface area contributed by atoms with Gasteiger partial charge in [-0.3, -0.25) is 4.79 Å².